The monoisotopic (exact) mass is 222 g/mol. The highest BCUT2D eigenvalue weighted by atomic mass is 16.6. The molecule has 0 N–H and O–H groups in total. The van der Waals surface area contributed by atoms with Crippen LogP contribution in [0.15, 0.2) is 0 Å². The lowest BCUT2D eigenvalue weighted by molar-refractivity contribution is 0.112. The molecule has 4 aliphatic rings. The van der Waals surface area contributed by atoms with Crippen LogP contribution in [0.25, 0.3) is 0 Å². The molecule has 2 spiro atoms. The van der Waals surface area contributed by atoms with Gasteiger partial charge in [-0.2, -0.15) is 0 Å². The van der Waals surface area contributed by atoms with Crippen molar-refractivity contribution >= 4 is 0 Å². The largest absolute Gasteiger partial charge is 0.370 e. The third kappa shape index (κ3) is 1.62. The Morgan fingerprint density at radius 3 is 1.19 bits per heavy atom. The standard InChI is InChI=1S/C14H22O2/c1-5-13(9-15-13)6-2-11(1)12-3-7-14(8-4-12)10-16-14/h11-12H,1-10H2. The lowest BCUT2D eigenvalue weighted by Crippen LogP contribution is -2.30. The Labute approximate surface area is 97.7 Å². The number of hydrogen-bond donors (Lipinski definition) is 0. The maximum atomic E-state index is 5.60. The van der Waals surface area contributed by atoms with Crippen LogP contribution in [-0.2, 0) is 9.47 Å². The Morgan fingerprint density at radius 1 is 0.625 bits per heavy atom. The lowest BCUT2D eigenvalue weighted by atomic mass is 9.69. The summed E-state index contributed by atoms with van der Waals surface area (Å²) in [5.41, 5.74) is 0.762. The van der Waals surface area contributed by atoms with Crippen molar-refractivity contribution in [3.05, 3.63) is 0 Å². The maximum Gasteiger partial charge on any atom is 0.0916 e. The van der Waals surface area contributed by atoms with Gasteiger partial charge in [-0.3, -0.25) is 0 Å². The predicted molar refractivity (Wildman–Crippen MR) is 61.3 cm³/mol. The molecule has 0 aromatic carbocycles. The zero-order valence-corrected chi connectivity index (χ0v) is 10.0. The van der Waals surface area contributed by atoms with Crippen LogP contribution in [-0.4, -0.2) is 24.4 Å². The molecule has 2 heteroatoms. The molecule has 4 rings (SSSR count). The van der Waals surface area contributed by atoms with E-state index in [0.717, 1.165) is 25.0 Å². The smallest absolute Gasteiger partial charge is 0.0916 e. The molecule has 90 valence electrons. The van der Waals surface area contributed by atoms with Crippen molar-refractivity contribution in [1.82, 2.24) is 0 Å². The molecule has 0 aromatic heterocycles. The van der Waals surface area contributed by atoms with Gasteiger partial charge in [0.2, 0.25) is 0 Å². The molecule has 2 aliphatic heterocycles. The Kier molecular flexibility index (Phi) is 2.00. The molecular formula is C14H22O2. The van der Waals surface area contributed by atoms with Crippen LogP contribution >= 0.6 is 0 Å². The molecule has 2 saturated heterocycles. The average molecular weight is 222 g/mol. The van der Waals surface area contributed by atoms with Crippen LogP contribution in [0.3, 0.4) is 0 Å². The topological polar surface area (TPSA) is 25.1 Å². The SMILES string of the molecule is C1CC2(CCC1C1CCC3(CC1)CO3)CO2. The van der Waals surface area contributed by atoms with Crippen molar-refractivity contribution in [1.29, 1.82) is 0 Å². The summed E-state index contributed by atoms with van der Waals surface area (Å²) in [6.07, 6.45) is 11.1. The normalized spacial score (nSPS) is 55.5. The van der Waals surface area contributed by atoms with Crippen molar-refractivity contribution in [3.63, 3.8) is 0 Å². The first kappa shape index (κ1) is 9.90. The Hall–Kier alpha value is -0.0800. The van der Waals surface area contributed by atoms with Crippen molar-refractivity contribution in [2.75, 3.05) is 13.2 Å². The van der Waals surface area contributed by atoms with E-state index in [2.05, 4.69) is 0 Å². The predicted octanol–water partition coefficient (Wildman–Crippen LogP) is 2.90. The van der Waals surface area contributed by atoms with Gasteiger partial charge in [0.15, 0.2) is 0 Å². The van der Waals surface area contributed by atoms with Gasteiger partial charge in [-0.1, -0.05) is 0 Å². The summed E-state index contributed by atoms with van der Waals surface area (Å²) in [7, 11) is 0. The van der Waals surface area contributed by atoms with Gasteiger partial charge in [-0.15, -0.1) is 0 Å². The second-order valence-corrected chi connectivity index (χ2v) is 6.62. The van der Waals surface area contributed by atoms with Gasteiger partial charge in [0, 0.05) is 0 Å². The van der Waals surface area contributed by atoms with Crippen molar-refractivity contribution < 1.29 is 9.47 Å². The molecule has 0 bridgehead atoms. The highest BCUT2D eigenvalue weighted by Crippen LogP contribution is 2.51. The van der Waals surface area contributed by atoms with Gasteiger partial charge < -0.3 is 9.47 Å². The van der Waals surface area contributed by atoms with E-state index in [-0.39, 0.29) is 0 Å². The van der Waals surface area contributed by atoms with E-state index in [1.165, 1.54) is 51.4 Å². The summed E-state index contributed by atoms with van der Waals surface area (Å²) in [5, 5.41) is 0. The van der Waals surface area contributed by atoms with Crippen LogP contribution in [0.4, 0.5) is 0 Å². The molecule has 4 fully saturated rings. The third-order valence-electron chi connectivity index (χ3n) is 5.65. The number of rotatable bonds is 1. The molecule has 2 saturated carbocycles. The van der Waals surface area contributed by atoms with Crippen molar-refractivity contribution in [2.45, 2.75) is 62.6 Å². The maximum absolute atomic E-state index is 5.60. The number of ether oxygens (including phenoxy) is 2. The first-order valence-electron chi connectivity index (χ1n) is 7.07. The Balaban J connectivity index is 1.33. The summed E-state index contributed by atoms with van der Waals surface area (Å²) in [6, 6.07) is 0. The minimum Gasteiger partial charge on any atom is -0.370 e. The van der Waals surface area contributed by atoms with Gasteiger partial charge in [0.25, 0.3) is 0 Å². The quantitative estimate of drug-likeness (QED) is 0.637. The lowest BCUT2D eigenvalue weighted by Gasteiger charge is -2.36. The first-order valence-corrected chi connectivity index (χ1v) is 7.07. The van der Waals surface area contributed by atoms with E-state index < -0.39 is 0 Å². The molecular weight excluding hydrogens is 200 g/mol. The van der Waals surface area contributed by atoms with Crippen LogP contribution < -0.4 is 0 Å². The van der Waals surface area contributed by atoms with E-state index in [1.807, 2.05) is 0 Å². The summed E-state index contributed by atoms with van der Waals surface area (Å²) in [6.45, 7) is 2.11. The molecule has 0 aromatic rings. The summed E-state index contributed by atoms with van der Waals surface area (Å²) < 4.78 is 11.2. The van der Waals surface area contributed by atoms with E-state index in [9.17, 15) is 0 Å². The fourth-order valence-electron chi connectivity index (χ4n) is 4.06. The van der Waals surface area contributed by atoms with Crippen molar-refractivity contribution in [2.24, 2.45) is 11.8 Å². The highest BCUT2D eigenvalue weighted by Gasteiger charge is 2.51. The molecule has 0 amide bonds. The number of epoxide rings is 2. The van der Waals surface area contributed by atoms with Crippen LogP contribution in [0, 0.1) is 11.8 Å². The molecule has 0 unspecified atom stereocenters. The fourth-order valence-corrected chi connectivity index (χ4v) is 4.06. The second kappa shape index (κ2) is 3.23. The summed E-state index contributed by atoms with van der Waals surface area (Å²) >= 11 is 0. The van der Waals surface area contributed by atoms with Gasteiger partial charge >= 0.3 is 0 Å². The molecule has 2 nitrogen and oxygen atoms in total. The van der Waals surface area contributed by atoms with Gasteiger partial charge in [0.1, 0.15) is 0 Å². The minimum atomic E-state index is 0.381. The Morgan fingerprint density at radius 2 is 0.938 bits per heavy atom. The third-order valence-corrected chi connectivity index (χ3v) is 5.65. The molecule has 16 heavy (non-hydrogen) atoms. The van der Waals surface area contributed by atoms with Crippen LogP contribution in [0.2, 0.25) is 0 Å². The second-order valence-electron chi connectivity index (χ2n) is 6.62. The Bertz CT molecular complexity index is 241. The zero-order valence-electron chi connectivity index (χ0n) is 10.0. The minimum absolute atomic E-state index is 0.381. The van der Waals surface area contributed by atoms with Gasteiger partial charge in [-0.05, 0) is 63.2 Å². The fraction of sp³-hybridized carbons (Fsp3) is 1.00. The van der Waals surface area contributed by atoms with E-state index in [1.54, 1.807) is 0 Å². The van der Waals surface area contributed by atoms with Crippen molar-refractivity contribution in [3.8, 4) is 0 Å². The van der Waals surface area contributed by atoms with E-state index >= 15 is 0 Å². The van der Waals surface area contributed by atoms with Gasteiger partial charge in [-0.25, -0.2) is 0 Å². The average Bonchev–Trinajstić information content (AvgIpc) is 3.23. The molecule has 0 atom stereocenters. The van der Waals surface area contributed by atoms with E-state index in [4.69, 9.17) is 9.47 Å². The molecule has 0 radical (unpaired) electrons. The van der Waals surface area contributed by atoms with Crippen LogP contribution in [0.1, 0.15) is 51.4 Å². The van der Waals surface area contributed by atoms with Gasteiger partial charge in [0.05, 0.1) is 24.4 Å². The summed E-state index contributed by atoms with van der Waals surface area (Å²) in [4.78, 5) is 0. The zero-order chi connectivity index (χ0) is 10.6. The first-order chi connectivity index (χ1) is 7.79. The molecule has 2 heterocycles. The van der Waals surface area contributed by atoms with E-state index in [0.29, 0.717) is 11.2 Å². The number of hydrogen-bond acceptors (Lipinski definition) is 2. The highest BCUT2D eigenvalue weighted by molar-refractivity contribution is 5.00. The van der Waals surface area contributed by atoms with Crippen LogP contribution in [0.5, 0.6) is 0 Å². The molecule has 2 aliphatic carbocycles. The summed E-state index contributed by atoms with van der Waals surface area (Å²) in [5.74, 6) is 2.01.